The van der Waals surface area contributed by atoms with Crippen LogP contribution in [0.1, 0.15) is 33.6 Å². The summed E-state index contributed by atoms with van der Waals surface area (Å²) in [6.07, 6.45) is 1.03. The third kappa shape index (κ3) is 4.33. The van der Waals surface area contributed by atoms with Crippen LogP contribution in [0.2, 0.25) is 0 Å². The van der Waals surface area contributed by atoms with E-state index in [0.717, 1.165) is 5.57 Å². The van der Waals surface area contributed by atoms with Gasteiger partial charge in [-0.3, -0.25) is 9.59 Å². The van der Waals surface area contributed by atoms with Crippen LogP contribution in [-0.4, -0.2) is 35.8 Å². The predicted molar refractivity (Wildman–Crippen MR) is 72.2 cm³/mol. The highest BCUT2D eigenvalue weighted by Crippen LogP contribution is 2.13. The van der Waals surface area contributed by atoms with Gasteiger partial charge in [0.15, 0.2) is 0 Å². The Labute approximate surface area is 113 Å². The number of rotatable bonds is 4. The third-order valence-corrected chi connectivity index (χ3v) is 3.26. The fourth-order valence-corrected chi connectivity index (χ4v) is 2.09. The summed E-state index contributed by atoms with van der Waals surface area (Å²) < 4.78 is 0. The Hall–Kier alpha value is -1.03. The fraction of sp³-hybridized carbons (Fsp3) is 0.692. The van der Waals surface area contributed by atoms with Gasteiger partial charge >= 0.3 is 0 Å². The van der Waals surface area contributed by atoms with Crippen molar-refractivity contribution in [2.45, 2.75) is 39.7 Å². The summed E-state index contributed by atoms with van der Waals surface area (Å²) in [5.74, 6) is 0.306. The Morgan fingerprint density at radius 1 is 1.56 bits per heavy atom. The normalized spacial score (nSPS) is 22.2. The molecule has 0 saturated carbocycles. The van der Waals surface area contributed by atoms with Crippen molar-refractivity contribution in [2.24, 2.45) is 5.92 Å². The van der Waals surface area contributed by atoms with Gasteiger partial charge in [-0.1, -0.05) is 25.4 Å². The van der Waals surface area contributed by atoms with Gasteiger partial charge in [-0.25, -0.2) is 0 Å². The Balaban J connectivity index is 2.79. The molecule has 1 fully saturated rings. The van der Waals surface area contributed by atoms with Gasteiger partial charge < -0.3 is 10.2 Å². The van der Waals surface area contributed by atoms with Crippen LogP contribution in [0.3, 0.4) is 0 Å². The molecule has 1 saturated heterocycles. The van der Waals surface area contributed by atoms with Gasteiger partial charge in [0.05, 0.1) is 0 Å². The van der Waals surface area contributed by atoms with E-state index in [9.17, 15) is 9.59 Å². The largest absolute Gasteiger partial charge is 0.344 e. The van der Waals surface area contributed by atoms with Crippen molar-refractivity contribution in [3.63, 3.8) is 0 Å². The van der Waals surface area contributed by atoms with Crippen molar-refractivity contribution in [3.05, 3.63) is 11.1 Å². The SMILES string of the molecule is CC(=CCl)CN1CCC(=O)NC(CC(C)C)C1=O. The summed E-state index contributed by atoms with van der Waals surface area (Å²) in [6.45, 7) is 6.91. The number of carbonyl (C=O) groups is 2. The smallest absolute Gasteiger partial charge is 0.245 e. The summed E-state index contributed by atoms with van der Waals surface area (Å²) in [7, 11) is 0. The predicted octanol–water partition coefficient (Wildman–Crippen LogP) is 1.89. The van der Waals surface area contributed by atoms with E-state index in [1.165, 1.54) is 5.54 Å². The molecule has 4 nitrogen and oxygen atoms in total. The Bertz CT molecular complexity index is 353. The van der Waals surface area contributed by atoms with Crippen molar-refractivity contribution in [1.29, 1.82) is 0 Å². The van der Waals surface area contributed by atoms with Crippen molar-refractivity contribution >= 4 is 23.4 Å². The van der Waals surface area contributed by atoms with Crippen LogP contribution in [0.5, 0.6) is 0 Å². The van der Waals surface area contributed by atoms with Crippen LogP contribution in [0.4, 0.5) is 0 Å². The minimum absolute atomic E-state index is 0.00702. The number of nitrogens with zero attached hydrogens (tertiary/aromatic N) is 1. The second-order valence-corrected chi connectivity index (χ2v) is 5.43. The molecule has 5 heteroatoms. The zero-order valence-corrected chi connectivity index (χ0v) is 12.0. The average molecular weight is 273 g/mol. The molecule has 1 atom stereocenters. The highest BCUT2D eigenvalue weighted by Gasteiger charge is 2.29. The maximum absolute atomic E-state index is 12.3. The number of nitrogens with one attached hydrogen (secondary N) is 1. The molecule has 0 spiro atoms. The average Bonchev–Trinajstić information content (AvgIpc) is 2.42. The van der Waals surface area contributed by atoms with E-state index in [1.54, 1.807) is 4.90 Å². The number of hydrogen-bond donors (Lipinski definition) is 1. The monoisotopic (exact) mass is 272 g/mol. The maximum Gasteiger partial charge on any atom is 0.245 e. The van der Waals surface area contributed by atoms with Gasteiger partial charge in [-0.05, 0) is 24.8 Å². The van der Waals surface area contributed by atoms with Gasteiger partial charge in [0, 0.05) is 25.0 Å². The van der Waals surface area contributed by atoms with Crippen molar-refractivity contribution in [3.8, 4) is 0 Å². The molecule has 0 bridgehead atoms. The van der Waals surface area contributed by atoms with Crippen LogP contribution in [0, 0.1) is 5.92 Å². The minimum atomic E-state index is -0.400. The second kappa shape index (κ2) is 6.78. The third-order valence-electron chi connectivity index (χ3n) is 2.89. The lowest BCUT2D eigenvalue weighted by molar-refractivity contribution is -0.133. The first-order chi connectivity index (χ1) is 8.43. The van der Waals surface area contributed by atoms with Gasteiger partial charge in [-0.2, -0.15) is 0 Å². The minimum Gasteiger partial charge on any atom is -0.344 e. The van der Waals surface area contributed by atoms with Crippen LogP contribution in [-0.2, 0) is 9.59 Å². The molecule has 1 heterocycles. The zero-order valence-electron chi connectivity index (χ0n) is 11.2. The van der Waals surface area contributed by atoms with E-state index < -0.39 is 6.04 Å². The Kier molecular flexibility index (Phi) is 5.66. The highest BCUT2D eigenvalue weighted by molar-refractivity contribution is 6.25. The van der Waals surface area contributed by atoms with Crippen LogP contribution in [0.15, 0.2) is 11.1 Å². The molecule has 1 unspecified atom stereocenters. The van der Waals surface area contributed by atoms with E-state index in [-0.39, 0.29) is 11.8 Å². The maximum atomic E-state index is 12.3. The molecule has 0 radical (unpaired) electrons. The van der Waals surface area contributed by atoms with Crippen molar-refractivity contribution in [1.82, 2.24) is 10.2 Å². The molecule has 1 rings (SSSR count). The number of hydrogen-bond acceptors (Lipinski definition) is 2. The van der Waals surface area contributed by atoms with E-state index in [4.69, 9.17) is 11.6 Å². The molecule has 102 valence electrons. The lowest BCUT2D eigenvalue weighted by Gasteiger charge is -2.25. The molecule has 0 aromatic heterocycles. The lowest BCUT2D eigenvalue weighted by Crippen LogP contribution is -2.45. The van der Waals surface area contributed by atoms with Gasteiger partial charge in [0.1, 0.15) is 6.04 Å². The molecule has 2 amide bonds. The molecule has 0 aliphatic carbocycles. The van der Waals surface area contributed by atoms with Crippen molar-refractivity contribution in [2.75, 3.05) is 13.1 Å². The van der Waals surface area contributed by atoms with E-state index in [1.807, 2.05) is 20.8 Å². The standard InChI is InChI=1S/C13H21ClN2O2/c1-9(2)6-11-13(18)16(8-10(3)7-14)5-4-12(17)15-11/h7,9,11H,4-6,8H2,1-3H3,(H,15,17). The first-order valence-electron chi connectivity index (χ1n) is 6.28. The van der Waals surface area contributed by atoms with Crippen LogP contribution >= 0.6 is 11.6 Å². The number of amides is 2. The van der Waals surface area contributed by atoms with Gasteiger partial charge in [0.25, 0.3) is 0 Å². The molecule has 1 aliphatic heterocycles. The summed E-state index contributed by atoms with van der Waals surface area (Å²) in [5, 5.41) is 2.80. The highest BCUT2D eigenvalue weighted by atomic mass is 35.5. The van der Waals surface area contributed by atoms with Crippen LogP contribution < -0.4 is 5.32 Å². The number of halogens is 1. The Morgan fingerprint density at radius 3 is 2.78 bits per heavy atom. The molecule has 0 aromatic rings. The molecule has 1 aliphatic rings. The lowest BCUT2D eigenvalue weighted by atomic mass is 10.0. The Morgan fingerprint density at radius 2 is 2.22 bits per heavy atom. The van der Waals surface area contributed by atoms with Gasteiger partial charge in [0.2, 0.25) is 11.8 Å². The number of carbonyl (C=O) groups excluding carboxylic acids is 2. The van der Waals surface area contributed by atoms with E-state index in [0.29, 0.717) is 31.8 Å². The van der Waals surface area contributed by atoms with E-state index in [2.05, 4.69) is 5.32 Å². The summed E-state index contributed by atoms with van der Waals surface area (Å²) in [5.41, 5.74) is 2.40. The summed E-state index contributed by atoms with van der Waals surface area (Å²) in [4.78, 5) is 25.6. The summed E-state index contributed by atoms with van der Waals surface area (Å²) in [6, 6.07) is -0.400. The van der Waals surface area contributed by atoms with Crippen molar-refractivity contribution < 1.29 is 9.59 Å². The fourth-order valence-electron chi connectivity index (χ4n) is 2.02. The van der Waals surface area contributed by atoms with Crippen LogP contribution in [0.25, 0.3) is 0 Å². The molecular weight excluding hydrogens is 252 g/mol. The molecule has 0 aromatic carbocycles. The quantitative estimate of drug-likeness (QED) is 0.850. The summed E-state index contributed by atoms with van der Waals surface area (Å²) >= 11 is 5.63. The topological polar surface area (TPSA) is 49.4 Å². The molecular formula is C13H21ClN2O2. The van der Waals surface area contributed by atoms with E-state index >= 15 is 0 Å². The van der Waals surface area contributed by atoms with Gasteiger partial charge in [-0.15, -0.1) is 0 Å². The zero-order chi connectivity index (χ0) is 13.7. The first-order valence-corrected chi connectivity index (χ1v) is 6.71. The first kappa shape index (κ1) is 15.0. The molecule has 1 N–H and O–H groups in total. The molecule has 18 heavy (non-hydrogen) atoms. The second-order valence-electron chi connectivity index (χ2n) is 5.21.